The molecule has 10 heteroatoms. The van der Waals surface area contributed by atoms with Crippen molar-refractivity contribution in [2.24, 2.45) is 7.05 Å². The van der Waals surface area contributed by atoms with Gasteiger partial charge in [0.2, 0.25) is 0 Å². The number of ether oxygens (including phenoxy) is 1. The number of halogens is 1. The molecule has 1 atom stereocenters. The molecule has 1 saturated heterocycles. The number of nitrogens with one attached hydrogen (secondary N) is 1. The minimum Gasteiger partial charge on any atom is -0.442 e. The molecule has 1 aliphatic heterocycles. The number of hydrogen-bond donors (Lipinski definition) is 1. The standard InChI is InChI=1S/C19H16ClN3O4S2/c1-22-14-4-3-11(7-16(14)29-19(22)26)23-9-12(27-18(23)25)8-21-17(24)13-6-10(20)2-5-15(13)28/h2-4,6-7,12H,5,8-9H2,1H3,(H,21,24)/t12-/m0/s1. The zero-order valence-corrected chi connectivity index (χ0v) is 17.7. The highest BCUT2D eigenvalue weighted by Crippen LogP contribution is 2.27. The van der Waals surface area contributed by atoms with Crippen LogP contribution in [0.4, 0.5) is 10.5 Å². The topological polar surface area (TPSA) is 80.6 Å². The number of benzene rings is 1. The zero-order valence-electron chi connectivity index (χ0n) is 15.3. The largest absolute Gasteiger partial charge is 0.442 e. The number of thiazole rings is 1. The van der Waals surface area contributed by atoms with Gasteiger partial charge in [0.15, 0.2) is 0 Å². The maximum Gasteiger partial charge on any atom is 0.414 e. The van der Waals surface area contributed by atoms with Crippen LogP contribution >= 0.6 is 35.2 Å². The van der Waals surface area contributed by atoms with Gasteiger partial charge in [-0.2, -0.15) is 0 Å². The number of fused-ring (bicyclic) bond motifs is 1. The summed E-state index contributed by atoms with van der Waals surface area (Å²) in [6.45, 7) is 0.444. The van der Waals surface area contributed by atoms with Gasteiger partial charge in [0.05, 0.1) is 28.9 Å². The molecule has 1 N–H and O–H groups in total. The van der Waals surface area contributed by atoms with Gasteiger partial charge in [-0.15, -0.1) is 0 Å². The molecule has 1 aromatic heterocycles. The SMILES string of the molecule is Cn1c(=O)sc2cc(N3C[C@H](CNC(=O)C4=CC(Cl)=CCC4=S)OC3=O)ccc21. The number of thiocarbonyl (C=S) groups is 1. The quantitative estimate of drug-likeness (QED) is 0.726. The third-order valence-electron chi connectivity index (χ3n) is 4.76. The van der Waals surface area contributed by atoms with Crippen molar-refractivity contribution in [2.45, 2.75) is 12.5 Å². The van der Waals surface area contributed by atoms with Crippen LogP contribution in [0.3, 0.4) is 0 Å². The molecule has 2 amide bonds. The van der Waals surface area contributed by atoms with Crippen molar-refractivity contribution >= 4 is 67.9 Å². The maximum absolute atomic E-state index is 12.4. The van der Waals surface area contributed by atoms with Gasteiger partial charge in [-0.3, -0.25) is 14.5 Å². The van der Waals surface area contributed by atoms with Crippen LogP contribution in [-0.2, 0) is 16.6 Å². The fourth-order valence-corrected chi connectivity index (χ4v) is 4.53. The van der Waals surface area contributed by atoms with Crippen molar-refractivity contribution in [1.82, 2.24) is 9.88 Å². The summed E-state index contributed by atoms with van der Waals surface area (Å²) in [6, 6.07) is 5.37. The lowest BCUT2D eigenvalue weighted by Crippen LogP contribution is -2.36. The van der Waals surface area contributed by atoms with Gasteiger partial charge in [-0.05, 0) is 24.3 Å². The Balaban J connectivity index is 1.43. The zero-order chi connectivity index (χ0) is 20.7. The summed E-state index contributed by atoms with van der Waals surface area (Å²) >= 11 is 12.3. The molecule has 0 bridgehead atoms. The molecule has 0 radical (unpaired) electrons. The Hall–Kier alpha value is -2.49. The molecule has 2 aliphatic rings. The van der Waals surface area contributed by atoms with E-state index in [-0.39, 0.29) is 23.9 Å². The van der Waals surface area contributed by atoms with Gasteiger partial charge in [0.25, 0.3) is 5.91 Å². The van der Waals surface area contributed by atoms with E-state index in [0.717, 1.165) is 21.6 Å². The lowest BCUT2D eigenvalue weighted by Gasteiger charge is -2.15. The Morgan fingerprint density at radius 1 is 1.41 bits per heavy atom. The van der Waals surface area contributed by atoms with Crippen LogP contribution in [0.15, 0.2) is 45.8 Å². The van der Waals surface area contributed by atoms with Crippen molar-refractivity contribution in [3.63, 3.8) is 0 Å². The summed E-state index contributed by atoms with van der Waals surface area (Å²) in [4.78, 5) is 38.5. The first kappa shape index (κ1) is 19.8. The van der Waals surface area contributed by atoms with E-state index >= 15 is 0 Å². The maximum atomic E-state index is 12.4. The number of amides is 2. The van der Waals surface area contributed by atoms with Gasteiger partial charge in [0, 0.05) is 29.1 Å². The number of anilines is 1. The molecular formula is C19H16ClN3O4S2. The lowest BCUT2D eigenvalue weighted by atomic mass is 10.0. The second-order valence-electron chi connectivity index (χ2n) is 6.68. The molecule has 1 aliphatic carbocycles. The van der Waals surface area contributed by atoms with Crippen molar-refractivity contribution in [3.05, 3.63) is 50.6 Å². The number of hydrogen-bond acceptors (Lipinski definition) is 6. The van der Waals surface area contributed by atoms with E-state index in [1.807, 2.05) is 0 Å². The smallest absolute Gasteiger partial charge is 0.414 e. The number of aromatic nitrogens is 1. The number of carbonyl (C=O) groups is 2. The molecule has 1 aromatic carbocycles. The van der Waals surface area contributed by atoms with E-state index in [9.17, 15) is 14.4 Å². The molecule has 4 rings (SSSR count). The van der Waals surface area contributed by atoms with Crippen molar-refractivity contribution in [1.29, 1.82) is 0 Å². The summed E-state index contributed by atoms with van der Waals surface area (Å²) in [6.07, 6.45) is 2.74. The van der Waals surface area contributed by atoms with E-state index in [1.165, 1.54) is 11.0 Å². The molecule has 150 valence electrons. The van der Waals surface area contributed by atoms with Crippen LogP contribution in [0.25, 0.3) is 10.2 Å². The highest BCUT2D eigenvalue weighted by atomic mass is 35.5. The molecular weight excluding hydrogens is 434 g/mol. The summed E-state index contributed by atoms with van der Waals surface area (Å²) in [5, 5.41) is 3.22. The van der Waals surface area contributed by atoms with Crippen LogP contribution < -0.4 is 15.1 Å². The van der Waals surface area contributed by atoms with Gasteiger partial charge < -0.3 is 14.6 Å². The summed E-state index contributed by atoms with van der Waals surface area (Å²) in [5.41, 5.74) is 1.81. The average molecular weight is 450 g/mol. The Morgan fingerprint density at radius 3 is 3.00 bits per heavy atom. The minimum atomic E-state index is -0.500. The lowest BCUT2D eigenvalue weighted by molar-refractivity contribution is -0.117. The molecule has 0 unspecified atom stereocenters. The first-order valence-corrected chi connectivity index (χ1v) is 10.4. The molecule has 0 spiro atoms. The van der Waals surface area contributed by atoms with Crippen LogP contribution in [0.1, 0.15) is 6.42 Å². The molecule has 2 aromatic rings. The van der Waals surface area contributed by atoms with Crippen LogP contribution in [0.2, 0.25) is 0 Å². The monoisotopic (exact) mass is 449 g/mol. The average Bonchev–Trinajstić information content (AvgIpc) is 3.20. The second kappa shape index (κ2) is 7.74. The molecule has 29 heavy (non-hydrogen) atoms. The fourth-order valence-electron chi connectivity index (χ4n) is 3.20. The molecule has 0 saturated carbocycles. The Kier molecular flexibility index (Phi) is 5.28. The molecule has 7 nitrogen and oxygen atoms in total. The van der Waals surface area contributed by atoms with Crippen LogP contribution in [0, 0.1) is 0 Å². The normalized spacial score (nSPS) is 19.2. The third-order valence-corrected chi connectivity index (χ3v) is 6.41. The van der Waals surface area contributed by atoms with E-state index in [2.05, 4.69) is 5.32 Å². The van der Waals surface area contributed by atoms with Crippen molar-refractivity contribution in [2.75, 3.05) is 18.0 Å². The van der Waals surface area contributed by atoms with Gasteiger partial charge in [-0.1, -0.05) is 41.2 Å². The molecule has 1 fully saturated rings. The van der Waals surface area contributed by atoms with E-state index in [1.54, 1.807) is 35.9 Å². The van der Waals surface area contributed by atoms with Gasteiger partial charge >= 0.3 is 11.0 Å². The summed E-state index contributed by atoms with van der Waals surface area (Å²) in [7, 11) is 1.71. The predicted octanol–water partition coefficient (Wildman–Crippen LogP) is 2.86. The fraction of sp³-hybridized carbons (Fsp3) is 0.263. The minimum absolute atomic E-state index is 0.0633. The Morgan fingerprint density at radius 2 is 2.21 bits per heavy atom. The predicted molar refractivity (Wildman–Crippen MR) is 117 cm³/mol. The number of nitrogens with zero attached hydrogens (tertiary/aromatic N) is 2. The van der Waals surface area contributed by atoms with Gasteiger partial charge in [-0.25, -0.2) is 4.79 Å². The first-order valence-electron chi connectivity index (χ1n) is 8.80. The number of aryl methyl sites for hydroxylation is 1. The number of rotatable bonds is 4. The number of carbonyl (C=O) groups excluding carboxylic acids is 2. The first-order chi connectivity index (χ1) is 13.8. The van der Waals surface area contributed by atoms with E-state index < -0.39 is 12.2 Å². The van der Waals surface area contributed by atoms with Crippen LogP contribution in [-0.4, -0.2) is 40.6 Å². The van der Waals surface area contributed by atoms with Crippen LogP contribution in [0.5, 0.6) is 0 Å². The Bertz CT molecular complexity index is 1160. The Labute approximate surface area is 180 Å². The van der Waals surface area contributed by atoms with E-state index in [4.69, 9.17) is 28.6 Å². The highest BCUT2D eigenvalue weighted by molar-refractivity contribution is 7.81. The van der Waals surface area contributed by atoms with Crippen molar-refractivity contribution < 1.29 is 14.3 Å². The summed E-state index contributed by atoms with van der Waals surface area (Å²) < 4.78 is 7.73. The summed E-state index contributed by atoms with van der Waals surface area (Å²) in [5.74, 6) is -0.341. The highest BCUT2D eigenvalue weighted by Gasteiger charge is 2.33. The molecule has 2 heterocycles. The second-order valence-corrected chi connectivity index (χ2v) is 8.60. The number of cyclic esters (lactones) is 1. The number of allylic oxidation sites excluding steroid dienone is 3. The van der Waals surface area contributed by atoms with Gasteiger partial charge in [0.1, 0.15) is 6.10 Å². The van der Waals surface area contributed by atoms with Crippen molar-refractivity contribution in [3.8, 4) is 0 Å². The third kappa shape index (κ3) is 3.85. The van der Waals surface area contributed by atoms with E-state index in [0.29, 0.717) is 27.6 Å².